The van der Waals surface area contributed by atoms with Crippen LogP contribution in [0.25, 0.3) is 10.9 Å². The number of ketones is 1. The Morgan fingerprint density at radius 1 is 1.44 bits per heavy atom. The summed E-state index contributed by atoms with van der Waals surface area (Å²) in [5, 5.41) is 10.5. The molecule has 0 aliphatic carbocycles. The Morgan fingerprint density at radius 3 is 3.00 bits per heavy atom. The van der Waals surface area contributed by atoms with Gasteiger partial charge in [-0.3, -0.25) is 9.78 Å². The molecule has 0 fully saturated rings. The fourth-order valence-corrected chi connectivity index (χ4v) is 1.60. The minimum atomic E-state index is -0.916. The highest BCUT2D eigenvalue weighted by atomic mass is 16.3. The first-order valence-electron chi connectivity index (χ1n) is 5.29. The van der Waals surface area contributed by atoms with Crippen molar-refractivity contribution in [3.8, 4) is 0 Å². The van der Waals surface area contributed by atoms with Gasteiger partial charge in [-0.05, 0) is 18.6 Å². The molecule has 0 aliphatic rings. The molecule has 2 rings (SSSR count). The lowest BCUT2D eigenvalue weighted by atomic mass is 10.0. The molecule has 1 atom stereocenters. The van der Waals surface area contributed by atoms with Crippen molar-refractivity contribution in [2.45, 2.75) is 19.4 Å². The van der Waals surface area contributed by atoms with Gasteiger partial charge in [-0.2, -0.15) is 0 Å². The van der Waals surface area contributed by atoms with Gasteiger partial charge >= 0.3 is 0 Å². The summed E-state index contributed by atoms with van der Waals surface area (Å²) in [6.07, 6.45) is 1.20. The van der Waals surface area contributed by atoms with Crippen LogP contribution in [0.4, 0.5) is 0 Å². The normalized spacial score (nSPS) is 12.6. The van der Waals surface area contributed by atoms with E-state index in [2.05, 4.69) is 4.98 Å². The molecule has 1 N–H and O–H groups in total. The van der Waals surface area contributed by atoms with E-state index in [0.29, 0.717) is 12.0 Å². The molecular weight excluding hydrogens is 202 g/mol. The van der Waals surface area contributed by atoms with Crippen molar-refractivity contribution >= 4 is 16.7 Å². The molecule has 1 unspecified atom stereocenters. The SMILES string of the molecule is CCC(O)C(=O)c1ccc2cccnc2c1. The number of hydrogen-bond acceptors (Lipinski definition) is 3. The van der Waals surface area contributed by atoms with E-state index in [0.717, 1.165) is 10.9 Å². The van der Waals surface area contributed by atoms with Crippen LogP contribution in [0.3, 0.4) is 0 Å². The highest BCUT2D eigenvalue weighted by Crippen LogP contribution is 2.15. The molecule has 0 saturated heterocycles. The number of carbonyl (C=O) groups excluding carboxylic acids is 1. The topological polar surface area (TPSA) is 50.2 Å². The van der Waals surface area contributed by atoms with Crippen molar-refractivity contribution in [1.29, 1.82) is 0 Å². The standard InChI is InChI=1S/C13H13NO2/c1-2-12(15)13(16)10-6-5-9-4-3-7-14-11(9)8-10/h3-8,12,15H,2H2,1H3. The van der Waals surface area contributed by atoms with Crippen LogP contribution >= 0.6 is 0 Å². The number of fused-ring (bicyclic) bond motifs is 1. The second-order valence-corrected chi connectivity index (χ2v) is 3.70. The van der Waals surface area contributed by atoms with Gasteiger partial charge in [-0.15, -0.1) is 0 Å². The number of benzene rings is 1. The number of pyridine rings is 1. The molecule has 0 radical (unpaired) electrons. The second kappa shape index (κ2) is 4.41. The number of aliphatic hydroxyl groups excluding tert-OH is 1. The lowest BCUT2D eigenvalue weighted by Crippen LogP contribution is -2.19. The Hall–Kier alpha value is -1.74. The minimum absolute atomic E-state index is 0.241. The summed E-state index contributed by atoms with van der Waals surface area (Å²) in [7, 11) is 0. The van der Waals surface area contributed by atoms with Gasteiger partial charge in [0.05, 0.1) is 5.52 Å². The van der Waals surface area contributed by atoms with Crippen molar-refractivity contribution in [1.82, 2.24) is 4.98 Å². The maximum atomic E-state index is 11.7. The maximum Gasteiger partial charge on any atom is 0.191 e. The number of Topliss-reactive ketones (excluding diaryl/α,β-unsaturated/α-hetero) is 1. The van der Waals surface area contributed by atoms with Crippen molar-refractivity contribution in [2.75, 3.05) is 0 Å². The molecule has 1 aromatic carbocycles. The van der Waals surface area contributed by atoms with Gasteiger partial charge in [-0.25, -0.2) is 0 Å². The Balaban J connectivity index is 2.43. The Labute approximate surface area is 93.7 Å². The third-order valence-corrected chi connectivity index (χ3v) is 2.58. The molecule has 0 saturated carbocycles. The lowest BCUT2D eigenvalue weighted by Gasteiger charge is -2.07. The molecule has 3 heteroatoms. The van der Waals surface area contributed by atoms with Gasteiger partial charge < -0.3 is 5.11 Å². The number of aliphatic hydroxyl groups is 1. The molecule has 0 spiro atoms. The van der Waals surface area contributed by atoms with Crippen LogP contribution in [-0.4, -0.2) is 22.0 Å². The minimum Gasteiger partial charge on any atom is -0.385 e. The summed E-state index contributed by atoms with van der Waals surface area (Å²) in [6, 6.07) is 9.08. The fraction of sp³-hybridized carbons (Fsp3) is 0.231. The maximum absolute atomic E-state index is 11.7. The molecule has 0 bridgehead atoms. The van der Waals surface area contributed by atoms with Crippen LogP contribution in [0.2, 0.25) is 0 Å². The molecule has 0 amide bonds. The zero-order chi connectivity index (χ0) is 11.5. The Kier molecular flexibility index (Phi) is 2.97. The van der Waals surface area contributed by atoms with E-state index < -0.39 is 6.10 Å². The summed E-state index contributed by atoms with van der Waals surface area (Å²) in [5.74, 6) is -0.241. The van der Waals surface area contributed by atoms with Gasteiger partial charge in [0.1, 0.15) is 6.10 Å². The first-order valence-corrected chi connectivity index (χ1v) is 5.29. The van der Waals surface area contributed by atoms with Gasteiger partial charge in [0.25, 0.3) is 0 Å². The lowest BCUT2D eigenvalue weighted by molar-refractivity contribution is 0.0741. The van der Waals surface area contributed by atoms with E-state index in [1.807, 2.05) is 18.2 Å². The van der Waals surface area contributed by atoms with Crippen molar-refractivity contribution in [3.05, 3.63) is 42.1 Å². The Morgan fingerprint density at radius 2 is 2.25 bits per heavy atom. The number of aromatic nitrogens is 1. The van der Waals surface area contributed by atoms with Crippen LogP contribution < -0.4 is 0 Å². The third-order valence-electron chi connectivity index (χ3n) is 2.58. The van der Waals surface area contributed by atoms with Crippen molar-refractivity contribution < 1.29 is 9.90 Å². The average Bonchev–Trinajstić information content (AvgIpc) is 2.36. The molecular formula is C13H13NO2. The molecule has 16 heavy (non-hydrogen) atoms. The monoisotopic (exact) mass is 215 g/mol. The van der Waals surface area contributed by atoms with Crippen molar-refractivity contribution in [3.63, 3.8) is 0 Å². The summed E-state index contributed by atoms with van der Waals surface area (Å²) in [4.78, 5) is 15.9. The molecule has 0 aliphatic heterocycles. The Bertz CT molecular complexity index is 522. The van der Waals surface area contributed by atoms with Crippen LogP contribution in [0.15, 0.2) is 36.5 Å². The number of carbonyl (C=O) groups is 1. The van der Waals surface area contributed by atoms with Crippen LogP contribution in [0.5, 0.6) is 0 Å². The zero-order valence-corrected chi connectivity index (χ0v) is 9.05. The summed E-state index contributed by atoms with van der Waals surface area (Å²) >= 11 is 0. The molecule has 3 nitrogen and oxygen atoms in total. The largest absolute Gasteiger partial charge is 0.385 e. The fourth-order valence-electron chi connectivity index (χ4n) is 1.60. The van der Waals surface area contributed by atoms with Gasteiger partial charge in [0, 0.05) is 17.1 Å². The first kappa shape index (κ1) is 10.8. The molecule has 1 heterocycles. The van der Waals surface area contributed by atoms with E-state index in [1.165, 1.54) is 0 Å². The molecule has 2 aromatic rings. The van der Waals surface area contributed by atoms with Crippen LogP contribution in [0, 0.1) is 0 Å². The average molecular weight is 215 g/mol. The first-order chi connectivity index (χ1) is 7.72. The molecule has 1 aromatic heterocycles. The summed E-state index contributed by atoms with van der Waals surface area (Å²) in [6.45, 7) is 1.78. The summed E-state index contributed by atoms with van der Waals surface area (Å²) in [5.41, 5.74) is 1.29. The highest BCUT2D eigenvalue weighted by Gasteiger charge is 2.15. The number of rotatable bonds is 3. The van der Waals surface area contributed by atoms with E-state index >= 15 is 0 Å². The third kappa shape index (κ3) is 1.95. The van der Waals surface area contributed by atoms with E-state index in [9.17, 15) is 9.90 Å². The molecule has 82 valence electrons. The van der Waals surface area contributed by atoms with Gasteiger partial charge in [0.15, 0.2) is 5.78 Å². The second-order valence-electron chi connectivity index (χ2n) is 3.70. The predicted molar refractivity (Wildman–Crippen MR) is 62.4 cm³/mol. The van der Waals surface area contributed by atoms with Crippen molar-refractivity contribution in [2.24, 2.45) is 0 Å². The summed E-state index contributed by atoms with van der Waals surface area (Å²) < 4.78 is 0. The highest BCUT2D eigenvalue weighted by molar-refractivity contribution is 6.01. The predicted octanol–water partition coefficient (Wildman–Crippen LogP) is 2.19. The van der Waals surface area contributed by atoms with Crippen LogP contribution in [-0.2, 0) is 0 Å². The van der Waals surface area contributed by atoms with Crippen LogP contribution in [0.1, 0.15) is 23.7 Å². The van der Waals surface area contributed by atoms with Gasteiger partial charge in [-0.1, -0.05) is 25.1 Å². The van der Waals surface area contributed by atoms with E-state index in [4.69, 9.17) is 0 Å². The zero-order valence-electron chi connectivity index (χ0n) is 9.05. The number of hydrogen-bond donors (Lipinski definition) is 1. The van der Waals surface area contributed by atoms with E-state index in [1.54, 1.807) is 25.3 Å². The quantitative estimate of drug-likeness (QED) is 0.798. The number of nitrogens with zero attached hydrogens (tertiary/aromatic N) is 1. The van der Waals surface area contributed by atoms with E-state index in [-0.39, 0.29) is 5.78 Å². The smallest absolute Gasteiger partial charge is 0.191 e. The van der Waals surface area contributed by atoms with Gasteiger partial charge in [0.2, 0.25) is 0 Å².